The van der Waals surface area contributed by atoms with Crippen molar-refractivity contribution in [1.82, 2.24) is 15.1 Å². The summed E-state index contributed by atoms with van der Waals surface area (Å²) in [5, 5.41) is 3.98. The van der Waals surface area contributed by atoms with E-state index in [1.54, 1.807) is 6.20 Å². The number of hydrogen-bond acceptors (Lipinski definition) is 5. The van der Waals surface area contributed by atoms with E-state index in [-0.39, 0.29) is 0 Å². The van der Waals surface area contributed by atoms with Gasteiger partial charge in [-0.3, -0.25) is 4.98 Å². The topological polar surface area (TPSA) is 77.8 Å². The third-order valence-corrected chi connectivity index (χ3v) is 2.98. The van der Waals surface area contributed by atoms with Gasteiger partial charge in [0.15, 0.2) is 0 Å². The third-order valence-electron chi connectivity index (χ3n) is 2.98. The zero-order chi connectivity index (χ0) is 13.8. The summed E-state index contributed by atoms with van der Waals surface area (Å²) in [5.74, 6) is 0.984. The standard InChI is InChI=1S/C15H14N4O/c16-9-8-11-5-1-2-6-12(11)15-18-14(19-20-15)13-7-3-4-10-17-13/h1-7,10H,8-9,16H2. The second-order valence-electron chi connectivity index (χ2n) is 4.33. The third kappa shape index (κ3) is 2.44. The molecule has 0 saturated heterocycles. The molecule has 5 nitrogen and oxygen atoms in total. The fourth-order valence-corrected chi connectivity index (χ4v) is 2.03. The molecule has 0 fully saturated rings. The average Bonchev–Trinajstić information content (AvgIpc) is 2.99. The van der Waals surface area contributed by atoms with Crippen LogP contribution in [0.25, 0.3) is 23.0 Å². The van der Waals surface area contributed by atoms with Gasteiger partial charge in [0.25, 0.3) is 5.89 Å². The molecule has 0 aliphatic carbocycles. The lowest BCUT2D eigenvalue weighted by Gasteiger charge is -2.03. The van der Waals surface area contributed by atoms with Gasteiger partial charge in [-0.1, -0.05) is 29.4 Å². The Morgan fingerprint density at radius 1 is 1.05 bits per heavy atom. The van der Waals surface area contributed by atoms with Crippen molar-refractivity contribution in [3.05, 3.63) is 54.2 Å². The van der Waals surface area contributed by atoms with Crippen LogP contribution in [-0.4, -0.2) is 21.7 Å². The maximum absolute atomic E-state index is 5.63. The van der Waals surface area contributed by atoms with Crippen LogP contribution in [0.5, 0.6) is 0 Å². The monoisotopic (exact) mass is 266 g/mol. The molecule has 20 heavy (non-hydrogen) atoms. The lowest BCUT2D eigenvalue weighted by molar-refractivity contribution is 0.431. The Balaban J connectivity index is 1.98. The van der Waals surface area contributed by atoms with Crippen LogP contribution < -0.4 is 5.73 Å². The first kappa shape index (κ1) is 12.5. The summed E-state index contributed by atoms with van der Waals surface area (Å²) in [4.78, 5) is 8.62. The van der Waals surface area contributed by atoms with Crippen molar-refractivity contribution in [1.29, 1.82) is 0 Å². The van der Waals surface area contributed by atoms with E-state index in [0.717, 1.165) is 17.5 Å². The summed E-state index contributed by atoms with van der Waals surface area (Å²) in [7, 11) is 0. The van der Waals surface area contributed by atoms with Gasteiger partial charge in [0.05, 0.1) is 0 Å². The normalized spacial score (nSPS) is 10.7. The molecule has 0 saturated carbocycles. The van der Waals surface area contributed by atoms with Gasteiger partial charge >= 0.3 is 0 Å². The molecule has 3 rings (SSSR count). The van der Waals surface area contributed by atoms with Gasteiger partial charge in [0, 0.05) is 11.8 Å². The highest BCUT2D eigenvalue weighted by molar-refractivity contribution is 5.61. The van der Waals surface area contributed by atoms with Crippen LogP contribution in [-0.2, 0) is 6.42 Å². The van der Waals surface area contributed by atoms with Crippen molar-refractivity contribution >= 4 is 0 Å². The molecule has 3 aromatic rings. The highest BCUT2D eigenvalue weighted by Gasteiger charge is 2.13. The van der Waals surface area contributed by atoms with Gasteiger partial charge in [-0.2, -0.15) is 4.98 Å². The molecule has 0 unspecified atom stereocenters. The summed E-state index contributed by atoms with van der Waals surface area (Å²) >= 11 is 0. The summed E-state index contributed by atoms with van der Waals surface area (Å²) in [5.41, 5.74) is 8.35. The van der Waals surface area contributed by atoms with Gasteiger partial charge in [0.1, 0.15) is 5.69 Å². The first-order valence-electron chi connectivity index (χ1n) is 6.42. The number of rotatable bonds is 4. The van der Waals surface area contributed by atoms with E-state index in [1.807, 2.05) is 42.5 Å². The minimum Gasteiger partial charge on any atom is -0.334 e. The molecule has 2 heterocycles. The average molecular weight is 266 g/mol. The molecular weight excluding hydrogens is 252 g/mol. The Hall–Kier alpha value is -2.53. The van der Waals surface area contributed by atoms with Crippen molar-refractivity contribution in [2.24, 2.45) is 5.73 Å². The summed E-state index contributed by atoms with van der Waals surface area (Å²) in [6.07, 6.45) is 2.48. The van der Waals surface area contributed by atoms with Crippen molar-refractivity contribution in [3.8, 4) is 23.0 Å². The molecule has 1 aromatic carbocycles. The maximum Gasteiger partial charge on any atom is 0.258 e. The Kier molecular flexibility index (Phi) is 3.52. The van der Waals surface area contributed by atoms with Crippen molar-refractivity contribution in [3.63, 3.8) is 0 Å². The number of aromatic nitrogens is 3. The van der Waals surface area contributed by atoms with E-state index in [9.17, 15) is 0 Å². The fraction of sp³-hybridized carbons (Fsp3) is 0.133. The zero-order valence-corrected chi connectivity index (χ0v) is 10.9. The molecular formula is C15H14N4O. The zero-order valence-electron chi connectivity index (χ0n) is 10.9. The molecule has 0 bridgehead atoms. The fourth-order valence-electron chi connectivity index (χ4n) is 2.03. The van der Waals surface area contributed by atoms with Crippen LogP contribution in [0.3, 0.4) is 0 Å². The quantitative estimate of drug-likeness (QED) is 0.784. The van der Waals surface area contributed by atoms with Crippen LogP contribution in [0, 0.1) is 0 Å². The van der Waals surface area contributed by atoms with Crippen LogP contribution in [0.4, 0.5) is 0 Å². The molecule has 0 radical (unpaired) electrons. The van der Waals surface area contributed by atoms with Crippen molar-refractivity contribution < 1.29 is 4.52 Å². The molecule has 0 spiro atoms. The molecule has 0 atom stereocenters. The van der Waals surface area contributed by atoms with Crippen LogP contribution in [0.1, 0.15) is 5.56 Å². The van der Waals surface area contributed by atoms with E-state index < -0.39 is 0 Å². The SMILES string of the molecule is NCCc1ccccc1-c1nc(-c2ccccn2)no1. The molecule has 0 aliphatic heterocycles. The molecule has 100 valence electrons. The molecule has 5 heteroatoms. The Labute approximate surface area is 116 Å². The second-order valence-corrected chi connectivity index (χ2v) is 4.33. The molecule has 0 amide bonds. The Bertz CT molecular complexity index is 694. The molecule has 0 aliphatic rings. The second kappa shape index (κ2) is 5.63. The minimum atomic E-state index is 0.489. The predicted octanol–water partition coefficient (Wildman–Crippen LogP) is 2.30. The van der Waals surface area contributed by atoms with Gasteiger partial charge in [-0.05, 0) is 36.7 Å². The molecule has 2 N–H and O–H groups in total. The van der Waals surface area contributed by atoms with Gasteiger partial charge in [0.2, 0.25) is 5.82 Å². The summed E-state index contributed by atoms with van der Waals surface area (Å²) in [6, 6.07) is 13.5. The van der Waals surface area contributed by atoms with E-state index in [0.29, 0.717) is 24.0 Å². The first-order valence-corrected chi connectivity index (χ1v) is 6.42. The summed E-state index contributed by atoms with van der Waals surface area (Å²) in [6.45, 7) is 0.582. The number of hydrogen-bond donors (Lipinski definition) is 1. The summed E-state index contributed by atoms with van der Waals surface area (Å²) < 4.78 is 5.35. The van der Waals surface area contributed by atoms with Crippen LogP contribution in [0.2, 0.25) is 0 Å². The van der Waals surface area contributed by atoms with E-state index in [1.165, 1.54) is 0 Å². The smallest absolute Gasteiger partial charge is 0.258 e. The number of pyridine rings is 1. The lowest BCUT2D eigenvalue weighted by Crippen LogP contribution is -2.03. The number of benzene rings is 1. The van der Waals surface area contributed by atoms with E-state index in [4.69, 9.17) is 10.3 Å². The first-order chi connectivity index (χ1) is 9.88. The largest absolute Gasteiger partial charge is 0.334 e. The highest BCUT2D eigenvalue weighted by Crippen LogP contribution is 2.24. The predicted molar refractivity (Wildman–Crippen MR) is 75.7 cm³/mol. The van der Waals surface area contributed by atoms with Gasteiger partial charge in [-0.15, -0.1) is 0 Å². The van der Waals surface area contributed by atoms with Crippen molar-refractivity contribution in [2.75, 3.05) is 6.54 Å². The highest BCUT2D eigenvalue weighted by atomic mass is 16.5. The van der Waals surface area contributed by atoms with Crippen LogP contribution >= 0.6 is 0 Å². The lowest BCUT2D eigenvalue weighted by atomic mass is 10.0. The van der Waals surface area contributed by atoms with Crippen molar-refractivity contribution in [2.45, 2.75) is 6.42 Å². The minimum absolute atomic E-state index is 0.489. The molecule has 2 aromatic heterocycles. The number of nitrogens with zero attached hydrogens (tertiary/aromatic N) is 3. The Morgan fingerprint density at radius 2 is 1.90 bits per heavy atom. The van der Waals surface area contributed by atoms with Gasteiger partial charge in [-0.25, -0.2) is 0 Å². The van der Waals surface area contributed by atoms with E-state index in [2.05, 4.69) is 15.1 Å². The van der Waals surface area contributed by atoms with E-state index >= 15 is 0 Å². The van der Waals surface area contributed by atoms with Crippen LogP contribution in [0.15, 0.2) is 53.2 Å². The van der Waals surface area contributed by atoms with Gasteiger partial charge < -0.3 is 10.3 Å². The number of nitrogens with two attached hydrogens (primary N) is 1. The Morgan fingerprint density at radius 3 is 2.70 bits per heavy atom. The maximum atomic E-state index is 5.63.